The number of imidazole rings is 1. The molecule has 0 aliphatic carbocycles. The molecule has 2 rings (SSSR count). The van der Waals surface area contributed by atoms with E-state index in [9.17, 15) is 4.79 Å². The highest BCUT2D eigenvalue weighted by Crippen LogP contribution is 2.16. The molecule has 1 aromatic heterocycles. The Balaban J connectivity index is 2.22. The molecule has 96 valence electrons. The Hall–Kier alpha value is -1.84. The predicted molar refractivity (Wildman–Crippen MR) is 72.5 cm³/mol. The molecular formula is C14H19N3O. The number of hydrogen-bond acceptors (Lipinski definition) is 2. The topological polar surface area (TPSA) is 57.8 Å². The summed E-state index contributed by atoms with van der Waals surface area (Å²) in [7, 11) is 0. The van der Waals surface area contributed by atoms with E-state index >= 15 is 0 Å². The number of carbonyl (C=O) groups is 1. The highest BCUT2D eigenvalue weighted by molar-refractivity contribution is 5.97. The van der Waals surface area contributed by atoms with E-state index in [0.29, 0.717) is 5.56 Å². The maximum atomic E-state index is 12.2. The average molecular weight is 245 g/mol. The van der Waals surface area contributed by atoms with E-state index in [0.717, 1.165) is 23.9 Å². The molecule has 0 saturated heterocycles. The zero-order valence-electron chi connectivity index (χ0n) is 11.1. The largest absolute Gasteiger partial charge is 0.347 e. The highest BCUT2D eigenvalue weighted by Gasteiger charge is 2.22. The van der Waals surface area contributed by atoms with Crippen molar-refractivity contribution in [3.8, 4) is 0 Å². The Bertz CT molecular complexity index is 555. The van der Waals surface area contributed by atoms with Crippen molar-refractivity contribution in [3.05, 3.63) is 30.1 Å². The molecule has 0 saturated carbocycles. The fourth-order valence-electron chi connectivity index (χ4n) is 1.85. The maximum Gasteiger partial charge on any atom is 0.251 e. The van der Waals surface area contributed by atoms with Gasteiger partial charge in [0.25, 0.3) is 5.91 Å². The predicted octanol–water partition coefficient (Wildman–Crippen LogP) is 2.87. The van der Waals surface area contributed by atoms with E-state index in [2.05, 4.69) is 36.1 Å². The molecule has 0 bridgehead atoms. The summed E-state index contributed by atoms with van der Waals surface area (Å²) in [6.07, 6.45) is 3.47. The average Bonchev–Trinajstić information content (AvgIpc) is 2.85. The summed E-state index contributed by atoms with van der Waals surface area (Å²) in [5, 5.41) is 3.09. The van der Waals surface area contributed by atoms with Gasteiger partial charge >= 0.3 is 0 Å². The van der Waals surface area contributed by atoms with E-state index in [1.807, 2.05) is 18.2 Å². The summed E-state index contributed by atoms with van der Waals surface area (Å²) in [6.45, 7) is 6.24. The monoisotopic (exact) mass is 245 g/mol. The minimum absolute atomic E-state index is 0.0299. The van der Waals surface area contributed by atoms with Crippen molar-refractivity contribution in [1.29, 1.82) is 0 Å². The molecule has 0 radical (unpaired) electrons. The number of nitrogens with zero attached hydrogens (tertiary/aromatic N) is 1. The molecule has 1 amide bonds. The van der Waals surface area contributed by atoms with E-state index in [1.165, 1.54) is 0 Å². The van der Waals surface area contributed by atoms with Gasteiger partial charge < -0.3 is 10.3 Å². The van der Waals surface area contributed by atoms with Crippen molar-refractivity contribution in [2.75, 3.05) is 0 Å². The summed E-state index contributed by atoms with van der Waals surface area (Å²) in [6, 6.07) is 5.50. The lowest BCUT2D eigenvalue weighted by Gasteiger charge is -2.28. The van der Waals surface area contributed by atoms with Crippen LogP contribution in [-0.4, -0.2) is 21.4 Å². The molecule has 2 aromatic rings. The van der Waals surface area contributed by atoms with Crippen LogP contribution in [0.5, 0.6) is 0 Å². The normalized spacial score (nSPS) is 11.7. The molecule has 0 spiro atoms. The second kappa shape index (κ2) is 4.80. The minimum atomic E-state index is -0.139. The van der Waals surface area contributed by atoms with Crippen LogP contribution in [0.1, 0.15) is 44.0 Å². The number of H-pyrrole nitrogens is 1. The number of benzene rings is 1. The Labute approximate surface area is 107 Å². The number of rotatable bonds is 4. The van der Waals surface area contributed by atoms with Gasteiger partial charge in [-0.15, -0.1) is 0 Å². The van der Waals surface area contributed by atoms with E-state index in [4.69, 9.17) is 0 Å². The van der Waals surface area contributed by atoms with Crippen LogP contribution in [0.4, 0.5) is 0 Å². The lowest BCUT2D eigenvalue weighted by Crippen LogP contribution is -2.44. The van der Waals surface area contributed by atoms with Crippen molar-refractivity contribution in [2.45, 2.75) is 39.2 Å². The molecule has 1 heterocycles. The Morgan fingerprint density at radius 3 is 2.78 bits per heavy atom. The summed E-state index contributed by atoms with van der Waals surface area (Å²) in [5.41, 5.74) is 2.29. The third kappa shape index (κ3) is 2.37. The van der Waals surface area contributed by atoms with Crippen LogP contribution in [0.15, 0.2) is 24.5 Å². The van der Waals surface area contributed by atoms with E-state index < -0.39 is 0 Å². The van der Waals surface area contributed by atoms with Gasteiger partial charge in [0.1, 0.15) is 0 Å². The summed E-state index contributed by atoms with van der Waals surface area (Å²) in [5.74, 6) is -0.0299. The van der Waals surface area contributed by atoms with Crippen molar-refractivity contribution < 1.29 is 4.79 Å². The fraction of sp³-hybridized carbons (Fsp3) is 0.429. The van der Waals surface area contributed by atoms with Gasteiger partial charge in [0, 0.05) is 11.1 Å². The Morgan fingerprint density at radius 1 is 1.39 bits per heavy atom. The van der Waals surface area contributed by atoms with Crippen LogP contribution in [-0.2, 0) is 0 Å². The van der Waals surface area contributed by atoms with Crippen LogP contribution in [0.3, 0.4) is 0 Å². The summed E-state index contributed by atoms with van der Waals surface area (Å²) < 4.78 is 0. The smallest absolute Gasteiger partial charge is 0.251 e. The molecule has 0 aliphatic heterocycles. The van der Waals surface area contributed by atoms with Gasteiger partial charge in [0.15, 0.2) is 0 Å². The Kier molecular flexibility index (Phi) is 3.36. The van der Waals surface area contributed by atoms with Gasteiger partial charge in [-0.2, -0.15) is 0 Å². The molecule has 0 aliphatic rings. The summed E-state index contributed by atoms with van der Waals surface area (Å²) >= 11 is 0. The number of carbonyl (C=O) groups excluding carboxylic acids is 1. The molecule has 1 aromatic carbocycles. The third-order valence-electron chi connectivity index (χ3n) is 3.66. The number of fused-ring (bicyclic) bond motifs is 1. The molecule has 0 fully saturated rings. The fourth-order valence-corrected chi connectivity index (χ4v) is 1.85. The lowest BCUT2D eigenvalue weighted by molar-refractivity contribution is 0.0901. The van der Waals surface area contributed by atoms with Crippen molar-refractivity contribution in [3.63, 3.8) is 0 Å². The quantitative estimate of drug-likeness (QED) is 0.870. The first kappa shape index (κ1) is 12.6. The molecule has 0 atom stereocenters. The molecule has 4 nitrogen and oxygen atoms in total. The van der Waals surface area contributed by atoms with Crippen LogP contribution in [0.2, 0.25) is 0 Å². The summed E-state index contributed by atoms with van der Waals surface area (Å²) in [4.78, 5) is 19.4. The zero-order valence-corrected chi connectivity index (χ0v) is 11.1. The van der Waals surface area contributed by atoms with Crippen molar-refractivity contribution >= 4 is 16.9 Å². The van der Waals surface area contributed by atoms with Gasteiger partial charge in [-0.1, -0.05) is 13.8 Å². The first-order valence-electron chi connectivity index (χ1n) is 6.33. The third-order valence-corrected chi connectivity index (χ3v) is 3.66. The molecule has 0 unspecified atom stereocenters. The first-order chi connectivity index (χ1) is 8.58. The van der Waals surface area contributed by atoms with Crippen LogP contribution >= 0.6 is 0 Å². The van der Waals surface area contributed by atoms with Gasteiger partial charge in [-0.3, -0.25) is 4.79 Å². The standard InChI is InChI=1S/C14H19N3O/c1-4-14(3,5-2)17-13(18)10-6-7-11-12(8-10)16-9-15-11/h6-9H,4-5H2,1-3H3,(H,15,16)(H,17,18). The van der Waals surface area contributed by atoms with E-state index in [1.54, 1.807) is 6.33 Å². The molecule has 2 N–H and O–H groups in total. The van der Waals surface area contributed by atoms with Gasteiger partial charge in [0.05, 0.1) is 17.4 Å². The first-order valence-corrected chi connectivity index (χ1v) is 6.33. The molecule has 4 heteroatoms. The SMILES string of the molecule is CCC(C)(CC)NC(=O)c1ccc2nc[nH]c2c1. The van der Waals surface area contributed by atoms with Crippen molar-refractivity contribution in [2.24, 2.45) is 0 Å². The lowest BCUT2D eigenvalue weighted by atomic mass is 9.95. The Morgan fingerprint density at radius 2 is 2.11 bits per heavy atom. The van der Waals surface area contributed by atoms with Crippen molar-refractivity contribution in [1.82, 2.24) is 15.3 Å². The van der Waals surface area contributed by atoms with Crippen LogP contribution < -0.4 is 5.32 Å². The maximum absolute atomic E-state index is 12.2. The molecule has 18 heavy (non-hydrogen) atoms. The van der Waals surface area contributed by atoms with Crippen LogP contribution in [0.25, 0.3) is 11.0 Å². The van der Waals surface area contributed by atoms with Gasteiger partial charge in [0.2, 0.25) is 0 Å². The number of amides is 1. The molecular weight excluding hydrogens is 226 g/mol. The minimum Gasteiger partial charge on any atom is -0.347 e. The second-order valence-corrected chi connectivity index (χ2v) is 4.86. The number of aromatic nitrogens is 2. The van der Waals surface area contributed by atoms with Gasteiger partial charge in [-0.05, 0) is 38.0 Å². The number of nitrogens with one attached hydrogen (secondary N) is 2. The highest BCUT2D eigenvalue weighted by atomic mass is 16.1. The number of aromatic amines is 1. The van der Waals surface area contributed by atoms with Crippen LogP contribution in [0, 0.1) is 0 Å². The number of hydrogen-bond donors (Lipinski definition) is 2. The second-order valence-electron chi connectivity index (χ2n) is 4.86. The van der Waals surface area contributed by atoms with E-state index in [-0.39, 0.29) is 11.4 Å². The van der Waals surface area contributed by atoms with Gasteiger partial charge in [-0.25, -0.2) is 4.98 Å². The zero-order chi connectivity index (χ0) is 13.2.